The molecule has 1 heterocycles. The maximum Gasteiger partial charge on any atom is 0.417 e. The highest BCUT2D eigenvalue weighted by molar-refractivity contribution is 7.89. The Hall–Kier alpha value is -2.10. The molecule has 27 heavy (non-hydrogen) atoms. The monoisotopic (exact) mass is 400 g/mol. The van der Waals surface area contributed by atoms with Gasteiger partial charge in [0.2, 0.25) is 10.0 Å². The third kappa shape index (κ3) is 5.00. The minimum absolute atomic E-state index is 0.0886. The first kappa shape index (κ1) is 19.7. The number of hydrogen-bond acceptors (Lipinski definition) is 4. The van der Waals surface area contributed by atoms with Gasteiger partial charge in [0.1, 0.15) is 11.5 Å². The molecule has 2 aromatic carbocycles. The Balaban J connectivity index is 1.92. The molecule has 3 rings (SSSR count). The van der Waals surface area contributed by atoms with Crippen LogP contribution in [0.25, 0.3) is 0 Å². The third-order valence-electron chi connectivity index (χ3n) is 4.19. The van der Waals surface area contributed by atoms with Gasteiger partial charge in [0.25, 0.3) is 0 Å². The van der Waals surface area contributed by atoms with Crippen molar-refractivity contribution in [1.29, 1.82) is 0 Å². The topological polar surface area (TPSA) is 67.4 Å². The molecule has 0 atom stereocenters. The van der Waals surface area contributed by atoms with Gasteiger partial charge in [-0.1, -0.05) is 18.2 Å². The molecule has 0 saturated carbocycles. The predicted molar refractivity (Wildman–Crippen MR) is 94.2 cm³/mol. The summed E-state index contributed by atoms with van der Waals surface area (Å²) in [7, 11) is -4.32. The SMILES string of the molecule is O=S(=O)(NC1CCNCC1)c1ccc(Oc2ccccc2)cc1C(F)(F)F. The van der Waals surface area contributed by atoms with E-state index >= 15 is 0 Å². The van der Waals surface area contributed by atoms with E-state index in [2.05, 4.69) is 10.0 Å². The number of sulfonamides is 1. The first-order valence-electron chi connectivity index (χ1n) is 8.43. The number of piperidine rings is 1. The van der Waals surface area contributed by atoms with E-state index in [0.29, 0.717) is 37.7 Å². The van der Waals surface area contributed by atoms with Crippen LogP contribution in [0.4, 0.5) is 13.2 Å². The lowest BCUT2D eigenvalue weighted by molar-refractivity contribution is -0.140. The molecule has 1 aliphatic rings. The first-order chi connectivity index (χ1) is 12.8. The summed E-state index contributed by atoms with van der Waals surface area (Å²) in [6, 6.07) is 10.8. The summed E-state index contributed by atoms with van der Waals surface area (Å²) in [5.41, 5.74) is -1.25. The molecule has 0 aromatic heterocycles. The summed E-state index contributed by atoms with van der Waals surface area (Å²) in [6.07, 6.45) is -3.79. The van der Waals surface area contributed by atoms with Gasteiger partial charge < -0.3 is 10.1 Å². The molecule has 1 aliphatic heterocycles. The van der Waals surface area contributed by atoms with Crippen LogP contribution in [0.5, 0.6) is 11.5 Å². The third-order valence-corrected chi connectivity index (χ3v) is 5.76. The summed E-state index contributed by atoms with van der Waals surface area (Å²) < 4.78 is 73.5. The van der Waals surface area contributed by atoms with Crippen LogP contribution >= 0.6 is 0 Å². The molecular weight excluding hydrogens is 381 g/mol. The average molecular weight is 400 g/mol. The van der Waals surface area contributed by atoms with Gasteiger partial charge in [0.15, 0.2) is 0 Å². The Morgan fingerprint density at radius 3 is 2.30 bits per heavy atom. The van der Waals surface area contributed by atoms with E-state index in [1.54, 1.807) is 30.3 Å². The number of nitrogens with one attached hydrogen (secondary N) is 2. The fraction of sp³-hybridized carbons (Fsp3) is 0.333. The zero-order valence-corrected chi connectivity index (χ0v) is 15.1. The van der Waals surface area contributed by atoms with Crippen molar-refractivity contribution in [3.05, 3.63) is 54.1 Å². The molecule has 0 amide bonds. The molecule has 9 heteroatoms. The zero-order valence-electron chi connectivity index (χ0n) is 14.3. The van der Waals surface area contributed by atoms with Gasteiger partial charge in [0.05, 0.1) is 10.5 Å². The van der Waals surface area contributed by atoms with Crippen molar-refractivity contribution in [2.45, 2.75) is 30.0 Å². The fourth-order valence-electron chi connectivity index (χ4n) is 2.88. The number of benzene rings is 2. The molecule has 1 fully saturated rings. The van der Waals surface area contributed by atoms with Gasteiger partial charge in [-0.3, -0.25) is 0 Å². The second-order valence-electron chi connectivity index (χ2n) is 6.22. The summed E-state index contributed by atoms with van der Waals surface area (Å²) in [5, 5.41) is 3.08. The molecule has 0 spiro atoms. The first-order valence-corrected chi connectivity index (χ1v) is 9.91. The summed E-state index contributed by atoms with van der Waals surface area (Å²) in [4.78, 5) is -0.797. The Morgan fingerprint density at radius 1 is 1.00 bits per heavy atom. The smallest absolute Gasteiger partial charge is 0.417 e. The van der Waals surface area contributed by atoms with Crippen LogP contribution in [0.2, 0.25) is 0 Å². The average Bonchev–Trinajstić information content (AvgIpc) is 2.62. The van der Waals surface area contributed by atoms with Gasteiger partial charge in [-0.2, -0.15) is 13.2 Å². The number of halogens is 3. The van der Waals surface area contributed by atoms with E-state index in [1.165, 1.54) is 6.07 Å². The molecule has 2 N–H and O–H groups in total. The van der Waals surface area contributed by atoms with Crippen molar-refractivity contribution in [2.75, 3.05) is 13.1 Å². The van der Waals surface area contributed by atoms with Crippen molar-refractivity contribution in [3.63, 3.8) is 0 Å². The second kappa shape index (κ2) is 7.87. The van der Waals surface area contributed by atoms with Crippen LogP contribution in [0.15, 0.2) is 53.4 Å². The van der Waals surface area contributed by atoms with Crippen molar-refractivity contribution < 1.29 is 26.3 Å². The molecule has 2 aromatic rings. The Labute approximate surface area is 155 Å². The minimum atomic E-state index is -4.84. The molecule has 0 radical (unpaired) electrons. The Kier molecular flexibility index (Phi) is 5.73. The number of hydrogen-bond donors (Lipinski definition) is 2. The Bertz CT molecular complexity index is 880. The predicted octanol–water partition coefficient (Wildman–Crippen LogP) is 3.53. The highest BCUT2D eigenvalue weighted by Crippen LogP contribution is 2.37. The van der Waals surface area contributed by atoms with Gasteiger partial charge in [0, 0.05) is 6.04 Å². The van der Waals surface area contributed by atoms with Crippen LogP contribution in [0.3, 0.4) is 0 Å². The molecule has 0 unspecified atom stereocenters. The normalized spacial score (nSPS) is 16.3. The number of alkyl halides is 3. The lowest BCUT2D eigenvalue weighted by atomic mass is 10.1. The molecule has 146 valence electrons. The number of para-hydroxylation sites is 1. The van der Waals surface area contributed by atoms with Gasteiger partial charge in [-0.05, 0) is 56.3 Å². The highest BCUT2D eigenvalue weighted by Gasteiger charge is 2.38. The van der Waals surface area contributed by atoms with E-state index in [1.807, 2.05) is 0 Å². The van der Waals surface area contributed by atoms with E-state index in [4.69, 9.17) is 4.74 Å². The van der Waals surface area contributed by atoms with Crippen molar-refractivity contribution >= 4 is 10.0 Å². The maximum absolute atomic E-state index is 13.5. The molecule has 0 aliphatic carbocycles. The second-order valence-corrected chi connectivity index (χ2v) is 7.90. The lowest BCUT2D eigenvalue weighted by Crippen LogP contribution is -2.43. The number of ether oxygens (including phenoxy) is 1. The molecule has 1 saturated heterocycles. The lowest BCUT2D eigenvalue weighted by Gasteiger charge is -2.24. The highest BCUT2D eigenvalue weighted by atomic mass is 32.2. The summed E-state index contributed by atoms with van der Waals surface area (Å²) in [6.45, 7) is 1.23. The standard InChI is InChI=1S/C18H19F3N2O3S/c19-18(20,21)16-12-15(26-14-4-2-1-3-5-14)6-7-17(16)27(24,25)23-13-8-10-22-11-9-13/h1-7,12-13,22-23H,8-11H2. The minimum Gasteiger partial charge on any atom is -0.457 e. The quantitative estimate of drug-likeness (QED) is 0.806. The Morgan fingerprint density at radius 2 is 1.67 bits per heavy atom. The van der Waals surface area contributed by atoms with Crippen LogP contribution in [-0.4, -0.2) is 27.5 Å². The summed E-state index contributed by atoms with van der Waals surface area (Å²) in [5.74, 6) is 0.267. The largest absolute Gasteiger partial charge is 0.457 e. The van der Waals surface area contributed by atoms with Crippen molar-refractivity contribution in [3.8, 4) is 11.5 Å². The van der Waals surface area contributed by atoms with E-state index in [0.717, 1.165) is 6.07 Å². The molecular formula is C18H19F3N2O3S. The fourth-order valence-corrected chi connectivity index (χ4v) is 4.39. The van der Waals surface area contributed by atoms with Crippen LogP contribution in [0.1, 0.15) is 18.4 Å². The van der Waals surface area contributed by atoms with Gasteiger partial charge in [-0.15, -0.1) is 0 Å². The van der Waals surface area contributed by atoms with Crippen molar-refractivity contribution in [1.82, 2.24) is 10.0 Å². The maximum atomic E-state index is 13.5. The van der Waals surface area contributed by atoms with Gasteiger partial charge >= 0.3 is 6.18 Å². The molecule has 5 nitrogen and oxygen atoms in total. The number of rotatable bonds is 5. The van der Waals surface area contributed by atoms with Crippen LogP contribution in [0, 0.1) is 0 Å². The summed E-state index contributed by atoms with van der Waals surface area (Å²) >= 11 is 0. The van der Waals surface area contributed by atoms with E-state index in [-0.39, 0.29) is 5.75 Å². The van der Waals surface area contributed by atoms with Gasteiger partial charge in [-0.25, -0.2) is 13.1 Å². The van der Waals surface area contributed by atoms with E-state index in [9.17, 15) is 21.6 Å². The zero-order chi connectivity index (χ0) is 19.5. The van der Waals surface area contributed by atoms with Crippen LogP contribution in [-0.2, 0) is 16.2 Å². The van der Waals surface area contributed by atoms with Crippen molar-refractivity contribution in [2.24, 2.45) is 0 Å². The van der Waals surface area contributed by atoms with E-state index < -0.39 is 32.7 Å². The molecule has 0 bridgehead atoms. The van der Waals surface area contributed by atoms with Crippen LogP contribution < -0.4 is 14.8 Å².